The van der Waals surface area contributed by atoms with Gasteiger partial charge >= 0.3 is 0 Å². The van der Waals surface area contributed by atoms with Crippen molar-refractivity contribution in [3.8, 4) is 0 Å². The number of piperazine rings is 2. The van der Waals surface area contributed by atoms with Gasteiger partial charge in [-0.15, -0.1) is 0 Å². The van der Waals surface area contributed by atoms with Crippen LogP contribution in [0, 0.1) is 6.92 Å². The number of amides is 1. The van der Waals surface area contributed by atoms with Crippen LogP contribution in [0.25, 0.3) is 0 Å². The lowest BCUT2D eigenvalue weighted by Gasteiger charge is -2.41. The Morgan fingerprint density at radius 1 is 0.897 bits per heavy atom. The Bertz CT molecular complexity index is 1250. The number of carbonyl (C=O) groups excluding carboxylic acids is 1. The summed E-state index contributed by atoms with van der Waals surface area (Å²) in [7, 11) is 2.03. The number of carbonyl (C=O) groups is 1. The molecule has 7 nitrogen and oxygen atoms in total. The molecule has 3 heterocycles. The van der Waals surface area contributed by atoms with Gasteiger partial charge in [0.2, 0.25) is 0 Å². The van der Waals surface area contributed by atoms with Crippen molar-refractivity contribution in [2.75, 3.05) is 62.2 Å². The van der Waals surface area contributed by atoms with Crippen molar-refractivity contribution in [2.24, 2.45) is 12.8 Å². The zero-order chi connectivity index (χ0) is 27.4. The van der Waals surface area contributed by atoms with E-state index in [1.807, 2.05) is 13.1 Å². The van der Waals surface area contributed by atoms with Gasteiger partial charge in [-0.3, -0.25) is 9.69 Å². The van der Waals surface area contributed by atoms with Gasteiger partial charge in [-0.1, -0.05) is 36.4 Å². The highest BCUT2D eigenvalue weighted by Gasteiger charge is 2.30. The van der Waals surface area contributed by atoms with Crippen LogP contribution >= 0.6 is 0 Å². The van der Waals surface area contributed by atoms with Crippen molar-refractivity contribution in [3.63, 3.8) is 0 Å². The summed E-state index contributed by atoms with van der Waals surface area (Å²) < 4.78 is 2.10. The van der Waals surface area contributed by atoms with Crippen molar-refractivity contribution in [2.45, 2.75) is 39.3 Å². The van der Waals surface area contributed by atoms with Gasteiger partial charge in [0.1, 0.15) is 5.69 Å². The Morgan fingerprint density at radius 2 is 1.59 bits per heavy atom. The molecular formula is C32H44N6O. The van der Waals surface area contributed by atoms with Gasteiger partial charge in [0.05, 0.1) is 0 Å². The largest absolute Gasteiger partial charge is 0.369 e. The molecule has 2 N–H and O–H groups in total. The molecule has 0 aliphatic carbocycles. The Morgan fingerprint density at radius 3 is 2.31 bits per heavy atom. The molecule has 2 aliphatic rings. The monoisotopic (exact) mass is 528 g/mol. The Labute approximate surface area is 233 Å². The maximum absolute atomic E-state index is 13.7. The van der Waals surface area contributed by atoms with E-state index in [1.54, 1.807) is 0 Å². The van der Waals surface area contributed by atoms with Gasteiger partial charge in [-0.25, -0.2) is 0 Å². The third-order valence-electron chi connectivity index (χ3n) is 8.62. The van der Waals surface area contributed by atoms with Gasteiger partial charge in [0.25, 0.3) is 5.91 Å². The highest BCUT2D eigenvalue weighted by Crippen LogP contribution is 2.26. The van der Waals surface area contributed by atoms with Gasteiger partial charge < -0.3 is 25.0 Å². The van der Waals surface area contributed by atoms with E-state index < -0.39 is 0 Å². The lowest BCUT2D eigenvalue weighted by atomic mass is 10.1. The molecule has 0 radical (unpaired) electrons. The van der Waals surface area contributed by atoms with Crippen molar-refractivity contribution in [3.05, 3.63) is 83.2 Å². The van der Waals surface area contributed by atoms with Crippen LogP contribution in [0.15, 0.2) is 60.7 Å². The second kappa shape index (κ2) is 12.3. The minimum Gasteiger partial charge on any atom is -0.369 e. The van der Waals surface area contributed by atoms with Crippen LogP contribution in [0.4, 0.5) is 11.4 Å². The van der Waals surface area contributed by atoms with E-state index in [-0.39, 0.29) is 11.9 Å². The van der Waals surface area contributed by atoms with E-state index in [0.29, 0.717) is 0 Å². The fourth-order valence-electron chi connectivity index (χ4n) is 6.12. The van der Waals surface area contributed by atoms with E-state index in [2.05, 4.69) is 92.6 Å². The summed E-state index contributed by atoms with van der Waals surface area (Å²) in [4.78, 5) is 23.2. The minimum atomic E-state index is 0.144. The summed E-state index contributed by atoms with van der Waals surface area (Å²) >= 11 is 0. The van der Waals surface area contributed by atoms with E-state index in [1.165, 1.54) is 28.2 Å². The van der Waals surface area contributed by atoms with Gasteiger partial charge in [-0.2, -0.15) is 0 Å². The number of hydrogen-bond acceptors (Lipinski definition) is 5. The first kappa shape index (κ1) is 27.3. The maximum Gasteiger partial charge on any atom is 0.270 e. The molecule has 0 saturated carbocycles. The summed E-state index contributed by atoms with van der Waals surface area (Å²) in [6.07, 6.45) is 2.06. The first-order valence-electron chi connectivity index (χ1n) is 14.5. The Kier molecular flexibility index (Phi) is 8.58. The highest BCUT2D eigenvalue weighted by atomic mass is 16.2. The molecule has 2 aliphatic heterocycles. The molecule has 5 rings (SSSR count). The molecule has 0 bridgehead atoms. The molecule has 1 amide bonds. The molecule has 7 heteroatoms. The number of nitrogens with zero attached hydrogens (tertiary/aromatic N) is 5. The summed E-state index contributed by atoms with van der Waals surface area (Å²) in [6.45, 7) is 12.4. The molecule has 1 atom stereocenters. The second-order valence-corrected chi connectivity index (χ2v) is 11.1. The quantitative estimate of drug-likeness (QED) is 0.481. The predicted octanol–water partition coefficient (Wildman–Crippen LogP) is 3.90. The number of hydrogen-bond donors (Lipinski definition) is 1. The highest BCUT2D eigenvalue weighted by molar-refractivity contribution is 5.93. The molecule has 1 aromatic heterocycles. The van der Waals surface area contributed by atoms with Crippen LogP contribution in [0.2, 0.25) is 0 Å². The number of aromatic nitrogens is 1. The number of anilines is 2. The average Bonchev–Trinajstić information content (AvgIpc) is 3.25. The van der Waals surface area contributed by atoms with Gasteiger partial charge in [0.15, 0.2) is 0 Å². The van der Waals surface area contributed by atoms with Crippen molar-refractivity contribution < 1.29 is 4.79 Å². The molecular weight excluding hydrogens is 484 g/mol. The standard InChI is InChI=1S/C32H44N6O/c1-25-23-37(29-12-5-4-6-13-29)20-21-38(25)32(39)31-22-28(26(2)34(31)3)24-35-16-18-36(19-17-35)30-14-8-7-10-27(30)11-9-15-33/h4-8,10,12-14,22,25H,9,11,15-21,23-24,33H2,1-3H3/t25-/m0/s1. The number of aryl methyl sites for hydroxylation is 1. The van der Waals surface area contributed by atoms with E-state index in [0.717, 1.165) is 77.4 Å². The predicted molar refractivity (Wildman–Crippen MR) is 161 cm³/mol. The summed E-state index contributed by atoms with van der Waals surface area (Å²) in [6, 6.07) is 21.6. The zero-order valence-corrected chi connectivity index (χ0v) is 23.9. The van der Waals surface area contributed by atoms with Crippen LogP contribution in [0.1, 0.15) is 40.7 Å². The number of benzene rings is 2. The van der Waals surface area contributed by atoms with E-state index >= 15 is 0 Å². The first-order chi connectivity index (χ1) is 19.0. The fourth-order valence-corrected chi connectivity index (χ4v) is 6.12. The van der Waals surface area contributed by atoms with Crippen molar-refractivity contribution in [1.29, 1.82) is 0 Å². The van der Waals surface area contributed by atoms with Crippen molar-refractivity contribution >= 4 is 17.3 Å². The number of rotatable bonds is 8. The topological polar surface area (TPSA) is 61.0 Å². The molecule has 39 heavy (non-hydrogen) atoms. The number of nitrogens with two attached hydrogens (primary N) is 1. The summed E-state index contributed by atoms with van der Waals surface area (Å²) in [5, 5.41) is 0. The zero-order valence-electron chi connectivity index (χ0n) is 23.9. The summed E-state index contributed by atoms with van der Waals surface area (Å²) in [5.74, 6) is 0.144. The Balaban J connectivity index is 1.20. The van der Waals surface area contributed by atoms with Gasteiger partial charge in [-0.05, 0) is 68.6 Å². The van der Waals surface area contributed by atoms with Crippen LogP contribution in [0.5, 0.6) is 0 Å². The third-order valence-corrected chi connectivity index (χ3v) is 8.62. The number of para-hydroxylation sites is 2. The first-order valence-corrected chi connectivity index (χ1v) is 14.5. The lowest BCUT2D eigenvalue weighted by molar-refractivity contribution is 0.0664. The summed E-state index contributed by atoms with van der Waals surface area (Å²) in [5.41, 5.74) is 13.0. The van der Waals surface area contributed by atoms with Crippen LogP contribution in [-0.2, 0) is 20.0 Å². The smallest absolute Gasteiger partial charge is 0.270 e. The van der Waals surface area contributed by atoms with Crippen LogP contribution in [0.3, 0.4) is 0 Å². The lowest BCUT2D eigenvalue weighted by Crippen LogP contribution is -2.54. The van der Waals surface area contributed by atoms with E-state index in [9.17, 15) is 4.79 Å². The fraction of sp³-hybridized carbons (Fsp3) is 0.469. The normalized spacial score (nSPS) is 18.6. The molecule has 208 valence electrons. The van der Waals surface area contributed by atoms with Gasteiger partial charge in [0, 0.05) is 82.5 Å². The minimum absolute atomic E-state index is 0.144. The van der Waals surface area contributed by atoms with Crippen LogP contribution in [-0.4, -0.2) is 78.7 Å². The molecule has 0 unspecified atom stereocenters. The molecule has 3 aromatic rings. The van der Waals surface area contributed by atoms with Crippen molar-refractivity contribution in [1.82, 2.24) is 14.4 Å². The van der Waals surface area contributed by atoms with Crippen LogP contribution < -0.4 is 15.5 Å². The Hall–Kier alpha value is -3.29. The molecule has 2 fully saturated rings. The van der Waals surface area contributed by atoms with E-state index in [4.69, 9.17) is 5.73 Å². The average molecular weight is 529 g/mol. The maximum atomic E-state index is 13.7. The molecule has 2 aromatic carbocycles. The third kappa shape index (κ3) is 5.99. The SMILES string of the molecule is Cc1c(CN2CCN(c3ccccc3CCCN)CC2)cc(C(=O)N2CCN(c3ccccc3)C[C@@H]2C)n1C. The molecule has 2 saturated heterocycles. The second-order valence-electron chi connectivity index (χ2n) is 11.1. The molecule has 0 spiro atoms.